The number of likely N-dealkylation sites (tertiary alicyclic amines) is 1. The Morgan fingerprint density at radius 3 is 2.38 bits per heavy atom. The van der Waals surface area contributed by atoms with Crippen molar-refractivity contribution < 1.29 is 9.53 Å². The summed E-state index contributed by atoms with van der Waals surface area (Å²) in [5.41, 5.74) is -0.420. The van der Waals surface area contributed by atoms with E-state index in [4.69, 9.17) is 4.74 Å². The lowest BCUT2D eigenvalue weighted by atomic mass is 10.1. The number of hydrogen-bond acceptors (Lipinski definition) is 4. The average Bonchev–Trinajstić information content (AvgIpc) is 2.41. The molecule has 0 spiro atoms. The van der Waals surface area contributed by atoms with Crippen molar-refractivity contribution >= 4 is 6.09 Å². The van der Waals surface area contributed by atoms with Crippen molar-refractivity contribution in [2.75, 3.05) is 39.3 Å². The summed E-state index contributed by atoms with van der Waals surface area (Å²) in [6.45, 7) is 12.0. The number of carbonyl (C=O) groups is 1. The standard InChI is InChI=1S/C16H33N3O2/c1-16(2,3)21-15(20)18-11-7-9-17-10-8-14-19-12-5-4-6-13-19/h17H,4-14H2,1-3H3,(H,18,20). The van der Waals surface area contributed by atoms with Gasteiger partial charge in [-0.2, -0.15) is 0 Å². The lowest BCUT2D eigenvalue weighted by molar-refractivity contribution is 0.0527. The molecule has 1 aliphatic heterocycles. The second kappa shape index (κ2) is 10.0. The molecule has 1 aliphatic rings. The molecule has 0 atom stereocenters. The van der Waals surface area contributed by atoms with Gasteiger partial charge in [-0.25, -0.2) is 4.79 Å². The van der Waals surface area contributed by atoms with E-state index in [1.807, 2.05) is 20.8 Å². The fourth-order valence-corrected chi connectivity index (χ4v) is 2.45. The van der Waals surface area contributed by atoms with Gasteiger partial charge in [-0.3, -0.25) is 0 Å². The van der Waals surface area contributed by atoms with Gasteiger partial charge in [0.2, 0.25) is 0 Å². The van der Waals surface area contributed by atoms with Gasteiger partial charge in [0.05, 0.1) is 0 Å². The number of hydrogen-bond donors (Lipinski definition) is 2. The zero-order valence-electron chi connectivity index (χ0n) is 14.0. The number of piperidine rings is 1. The average molecular weight is 299 g/mol. The molecule has 5 nitrogen and oxygen atoms in total. The Morgan fingerprint density at radius 2 is 1.71 bits per heavy atom. The number of alkyl carbamates (subject to hydrolysis) is 1. The van der Waals surface area contributed by atoms with Crippen molar-refractivity contribution in [1.82, 2.24) is 15.5 Å². The van der Waals surface area contributed by atoms with Gasteiger partial charge in [0, 0.05) is 6.54 Å². The van der Waals surface area contributed by atoms with Gasteiger partial charge in [-0.1, -0.05) is 6.42 Å². The Kier molecular flexibility index (Phi) is 8.69. The SMILES string of the molecule is CC(C)(C)OC(=O)NCCCNCCCN1CCCCC1. The molecule has 0 radical (unpaired) electrons. The second-order valence-electron chi connectivity index (χ2n) is 6.79. The number of amides is 1. The normalized spacial score (nSPS) is 16.7. The van der Waals surface area contributed by atoms with Gasteiger partial charge in [-0.05, 0) is 79.2 Å². The van der Waals surface area contributed by atoms with E-state index in [2.05, 4.69) is 15.5 Å². The molecule has 124 valence electrons. The molecule has 0 aromatic rings. The summed E-state index contributed by atoms with van der Waals surface area (Å²) in [4.78, 5) is 14.0. The van der Waals surface area contributed by atoms with Crippen LogP contribution in [0.3, 0.4) is 0 Å². The van der Waals surface area contributed by atoms with Crippen molar-refractivity contribution in [1.29, 1.82) is 0 Å². The van der Waals surface area contributed by atoms with E-state index in [0.29, 0.717) is 6.54 Å². The molecule has 0 aliphatic carbocycles. The summed E-state index contributed by atoms with van der Waals surface area (Å²) in [6, 6.07) is 0. The highest BCUT2D eigenvalue weighted by molar-refractivity contribution is 5.67. The van der Waals surface area contributed by atoms with E-state index in [-0.39, 0.29) is 6.09 Å². The molecule has 1 heterocycles. The van der Waals surface area contributed by atoms with Crippen molar-refractivity contribution in [3.8, 4) is 0 Å². The molecule has 1 fully saturated rings. The smallest absolute Gasteiger partial charge is 0.407 e. The van der Waals surface area contributed by atoms with E-state index in [0.717, 1.165) is 19.5 Å². The quantitative estimate of drug-likeness (QED) is 0.676. The fourth-order valence-electron chi connectivity index (χ4n) is 2.45. The van der Waals surface area contributed by atoms with Crippen molar-refractivity contribution in [3.63, 3.8) is 0 Å². The number of rotatable bonds is 8. The Hall–Kier alpha value is -0.810. The van der Waals surface area contributed by atoms with Gasteiger partial charge in [0.15, 0.2) is 0 Å². The summed E-state index contributed by atoms with van der Waals surface area (Å²) < 4.78 is 5.17. The van der Waals surface area contributed by atoms with E-state index >= 15 is 0 Å². The molecule has 5 heteroatoms. The van der Waals surface area contributed by atoms with E-state index in [1.165, 1.54) is 45.3 Å². The predicted octanol–water partition coefficient (Wildman–Crippen LogP) is 2.37. The highest BCUT2D eigenvalue weighted by Gasteiger charge is 2.15. The van der Waals surface area contributed by atoms with Crippen LogP contribution in [0.4, 0.5) is 4.79 Å². The summed E-state index contributed by atoms with van der Waals surface area (Å²) in [5, 5.41) is 6.20. The van der Waals surface area contributed by atoms with Crippen LogP contribution in [-0.4, -0.2) is 55.9 Å². The van der Waals surface area contributed by atoms with Crippen LogP contribution in [0.25, 0.3) is 0 Å². The molecule has 21 heavy (non-hydrogen) atoms. The van der Waals surface area contributed by atoms with Crippen molar-refractivity contribution in [3.05, 3.63) is 0 Å². The third kappa shape index (κ3) is 10.5. The first-order chi connectivity index (χ1) is 9.97. The Balaban J connectivity index is 1.85. The van der Waals surface area contributed by atoms with Crippen LogP contribution in [0.1, 0.15) is 52.9 Å². The molecule has 1 amide bonds. The maximum atomic E-state index is 11.4. The number of nitrogens with zero attached hydrogens (tertiary/aromatic N) is 1. The predicted molar refractivity (Wildman–Crippen MR) is 86.6 cm³/mol. The molecule has 0 aromatic carbocycles. The lowest BCUT2D eigenvalue weighted by Crippen LogP contribution is -2.34. The van der Waals surface area contributed by atoms with Crippen LogP contribution in [0, 0.1) is 0 Å². The third-order valence-electron chi connectivity index (χ3n) is 3.48. The van der Waals surface area contributed by atoms with Gasteiger partial charge >= 0.3 is 6.09 Å². The van der Waals surface area contributed by atoms with Gasteiger partial charge in [0.1, 0.15) is 5.60 Å². The van der Waals surface area contributed by atoms with Crippen LogP contribution in [0.5, 0.6) is 0 Å². The summed E-state index contributed by atoms with van der Waals surface area (Å²) in [7, 11) is 0. The molecule has 0 unspecified atom stereocenters. The molecular weight excluding hydrogens is 266 g/mol. The molecule has 2 N–H and O–H groups in total. The topological polar surface area (TPSA) is 53.6 Å². The maximum absolute atomic E-state index is 11.4. The zero-order chi connectivity index (χ0) is 15.6. The molecule has 1 rings (SSSR count). The lowest BCUT2D eigenvalue weighted by Gasteiger charge is -2.26. The zero-order valence-corrected chi connectivity index (χ0v) is 14.0. The fraction of sp³-hybridized carbons (Fsp3) is 0.938. The van der Waals surface area contributed by atoms with E-state index in [1.54, 1.807) is 0 Å². The maximum Gasteiger partial charge on any atom is 0.407 e. The minimum Gasteiger partial charge on any atom is -0.444 e. The van der Waals surface area contributed by atoms with Crippen molar-refractivity contribution in [2.24, 2.45) is 0 Å². The van der Waals surface area contributed by atoms with Gasteiger partial charge in [0.25, 0.3) is 0 Å². The minimum absolute atomic E-state index is 0.326. The number of nitrogens with one attached hydrogen (secondary N) is 2. The summed E-state index contributed by atoms with van der Waals surface area (Å²) in [6.07, 6.45) is 5.95. The van der Waals surface area contributed by atoms with Crippen LogP contribution in [-0.2, 0) is 4.74 Å². The Labute approximate surface area is 129 Å². The minimum atomic E-state index is -0.420. The molecule has 0 aromatic heterocycles. The second-order valence-corrected chi connectivity index (χ2v) is 6.79. The molecule has 0 saturated carbocycles. The van der Waals surface area contributed by atoms with Crippen LogP contribution < -0.4 is 10.6 Å². The van der Waals surface area contributed by atoms with Crippen LogP contribution in [0.15, 0.2) is 0 Å². The summed E-state index contributed by atoms with van der Waals surface area (Å²) >= 11 is 0. The van der Waals surface area contributed by atoms with Gasteiger partial charge in [-0.15, -0.1) is 0 Å². The Morgan fingerprint density at radius 1 is 1.05 bits per heavy atom. The van der Waals surface area contributed by atoms with Crippen LogP contribution in [0.2, 0.25) is 0 Å². The number of carbonyl (C=O) groups excluding carboxylic acids is 1. The highest BCUT2D eigenvalue weighted by Crippen LogP contribution is 2.08. The molecular formula is C16H33N3O2. The largest absolute Gasteiger partial charge is 0.444 e. The van der Waals surface area contributed by atoms with Gasteiger partial charge < -0.3 is 20.3 Å². The van der Waals surface area contributed by atoms with Crippen LogP contribution >= 0.6 is 0 Å². The van der Waals surface area contributed by atoms with E-state index < -0.39 is 5.60 Å². The van der Waals surface area contributed by atoms with E-state index in [9.17, 15) is 4.79 Å². The van der Waals surface area contributed by atoms with Crippen molar-refractivity contribution in [2.45, 2.75) is 58.5 Å². The summed E-state index contributed by atoms with van der Waals surface area (Å²) in [5.74, 6) is 0. The first kappa shape index (κ1) is 18.2. The first-order valence-corrected chi connectivity index (χ1v) is 8.37. The first-order valence-electron chi connectivity index (χ1n) is 8.37. The monoisotopic (exact) mass is 299 g/mol. The number of ether oxygens (including phenoxy) is 1. The Bertz CT molecular complexity index is 284. The highest BCUT2D eigenvalue weighted by atomic mass is 16.6. The third-order valence-corrected chi connectivity index (χ3v) is 3.48. The molecule has 0 bridgehead atoms. The molecule has 1 saturated heterocycles.